The second-order valence-corrected chi connectivity index (χ2v) is 4.79. The summed E-state index contributed by atoms with van der Waals surface area (Å²) in [5, 5.41) is 0. The minimum Gasteiger partial charge on any atom is -0.463 e. The highest BCUT2D eigenvalue weighted by Gasteiger charge is 2.17. The smallest absolute Gasteiger partial charge is 0.332 e. The van der Waals surface area contributed by atoms with E-state index in [4.69, 9.17) is 4.74 Å². The Labute approximate surface area is 110 Å². The lowest BCUT2D eigenvalue weighted by Gasteiger charge is -2.23. The number of likely N-dealkylation sites (tertiary alicyclic amines) is 1. The van der Waals surface area contributed by atoms with E-state index in [-0.39, 0.29) is 5.97 Å². The van der Waals surface area contributed by atoms with Crippen LogP contribution in [0.15, 0.2) is 23.9 Å². The second-order valence-electron chi connectivity index (χ2n) is 4.79. The third kappa shape index (κ3) is 4.94. The SMILES string of the molecule is CC=C[C@H](C)CC(=CC(=O)OCC)N1CCCC1. The molecule has 0 N–H and O–H groups in total. The third-order valence-corrected chi connectivity index (χ3v) is 3.14. The first-order valence-electron chi connectivity index (χ1n) is 6.92. The molecule has 3 nitrogen and oxygen atoms in total. The number of esters is 1. The van der Waals surface area contributed by atoms with Gasteiger partial charge in [-0.25, -0.2) is 4.79 Å². The van der Waals surface area contributed by atoms with Gasteiger partial charge in [-0.1, -0.05) is 19.1 Å². The molecule has 1 aliphatic heterocycles. The zero-order valence-electron chi connectivity index (χ0n) is 11.8. The largest absolute Gasteiger partial charge is 0.463 e. The highest BCUT2D eigenvalue weighted by molar-refractivity contribution is 5.82. The van der Waals surface area contributed by atoms with E-state index in [9.17, 15) is 4.79 Å². The van der Waals surface area contributed by atoms with Crippen LogP contribution in [-0.2, 0) is 9.53 Å². The van der Waals surface area contributed by atoms with Crippen LogP contribution in [-0.4, -0.2) is 30.6 Å². The summed E-state index contributed by atoms with van der Waals surface area (Å²) in [7, 11) is 0. The number of hydrogen-bond donors (Lipinski definition) is 0. The quantitative estimate of drug-likeness (QED) is 0.412. The van der Waals surface area contributed by atoms with Gasteiger partial charge in [0.1, 0.15) is 0 Å². The van der Waals surface area contributed by atoms with Gasteiger partial charge in [-0.2, -0.15) is 0 Å². The van der Waals surface area contributed by atoms with Crippen LogP contribution < -0.4 is 0 Å². The summed E-state index contributed by atoms with van der Waals surface area (Å²) < 4.78 is 5.01. The van der Waals surface area contributed by atoms with Gasteiger partial charge in [0.2, 0.25) is 0 Å². The summed E-state index contributed by atoms with van der Waals surface area (Å²) in [5.74, 6) is 0.239. The van der Waals surface area contributed by atoms with Crippen LogP contribution in [0.4, 0.5) is 0 Å². The first-order chi connectivity index (χ1) is 8.67. The summed E-state index contributed by atoms with van der Waals surface area (Å²) in [5.41, 5.74) is 1.12. The van der Waals surface area contributed by atoms with Crippen molar-refractivity contribution < 1.29 is 9.53 Å². The average Bonchev–Trinajstić information content (AvgIpc) is 2.82. The van der Waals surface area contributed by atoms with Crippen LogP contribution in [0, 0.1) is 5.92 Å². The van der Waals surface area contributed by atoms with Gasteiger partial charge in [-0.15, -0.1) is 0 Å². The summed E-state index contributed by atoms with van der Waals surface area (Å²) >= 11 is 0. The second kappa shape index (κ2) is 7.96. The van der Waals surface area contributed by atoms with Crippen LogP contribution >= 0.6 is 0 Å². The molecule has 1 saturated heterocycles. The lowest BCUT2D eigenvalue weighted by atomic mass is 10.0. The van der Waals surface area contributed by atoms with Gasteiger partial charge in [-0.05, 0) is 39.0 Å². The Morgan fingerprint density at radius 2 is 2.06 bits per heavy atom. The molecule has 1 fully saturated rings. The van der Waals surface area contributed by atoms with Crippen LogP contribution in [0.1, 0.15) is 40.0 Å². The molecule has 0 amide bonds. The van der Waals surface area contributed by atoms with Crippen LogP contribution in [0.25, 0.3) is 0 Å². The zero-order valence-corrected chi connectivity index (χ0v) is 11.8. The molecule has 3 heteroatoms. The summed E-state index contributed by atoms with van der Waals surface area (Å²) in [6.45, 7) is 8.61. The fraction of sp³-hybridized carbons (Fsp3) is 0.667. The molecule has 0 spiro atoms. The molecule has 0 unspecified atom stereocenters. The monoisotopic (exact) mass is 251 g/mol. The first-order valence-corrected chi connectivity index (χ1v) is 6.92. The Bertz CT molecular complexity index is 314. The van der Waals surface area contributed by atoms with Gasteiger partial charge < -0.3 is 9.64 Å². The summed E-state index contributed by atoms with van der Waals surface area (Å²) in [4.78, 5) is 13.9. The third-order valence-electron chi connectivity index (χ3n) is 3.14. The average molecular weight is 251 g/mol. The van der Waals surface area contributed by atoms with Gasteiger partial charge in [0, 0.05) is 24.9 Å². The molecule has 0 aromatic rings. The number of carbonyl (C=O) groups excluding carboxylic acids is 1. The number of ether oxygens (including phenoxy) is 1. The van der Waals surface area contributed by atoms with Gasteiger partial charge in [0.15, 0.2) is 0 Å². The maximum atomic E-state index is 11.6. The van der Waals surface area contributed by atoms with E-state index in [1.165, 1.54) is 12.8 Å². The predicted molar refractivity (Wildman–Crippen MR) is 74.1 cm³/mol. The van der Waals surface area contributed by atoms with Crippen molar-refractivity contribution in [2.75, 3.05) is 19.7 Å². The van der Waals surface area contributed by atoms with E-state index in [1.54, 1.807) is 6.08 Å². The number of allylic oxidation sites excluding steroid dienone is 3. The Balaban J connectivity index is 2.70. The fourth-order valence-corrected chi connectivity index (χ4v) is 2.33. The molecule has 0 aromatic carbocycles. The molecule has 0 saturated carbocycles. The molecule has 1 heterocycles. The van der Waals surface area contributed by atoms with Crippen molar-refractivity contribution in [1.29, 1.82) is 0 Å². The number of carbonyl (C=O) groups is 1. The molecule has 0 aromatic heterocycles. The highest BCUT2D eigenvalue weighted by atomic mass is 16.5. The summed E-state index contributed by atoms with van der Waals surface area (Å²) in [6, 6.07) is 0. The van der Waals surface area contributed by atoms with Crippen molar-refractivity contribution in [2.45, 2.75) is 40.0 Å². The Morgan fingerprint density at radius 3 is 2.61 bits per heavy atom. The molecule has 1 aliphatic rings. The van der Waals surface area contributed by atoms with Crippen molar-refractivity contribution in [3.63, 3.8) is 0 Å². The number of nitrogens with zero attached hydrogens (tertiary/aromatic N) is 1. The number of rotatable bonds is 6. The minimum absolute atomic E-state index is 0.216. The van der Waals surface area contributed by atoms with E-state index >= 15 is 0 Å². The molecule has 1 rings (SSSR count). The van der Waals surface area contributed by atoms with Crippen molar-refractivity contribution in [3.05, 3.63) is 23.9 Å². The molecule has 0 aliphatic carbocycles. The molecule has 0 bridgehead atoms. The van der Waals surface area contributed by atoms with E-state index in [0.717, 1.165) is 25.2 Å². The molecular formula is C15H25NO2. The molecule has 0 radical (unpaired) electrons. The van der Waals surface area contributed by atoms with Gasteiger partial charge in [-0.3, -0.25) is 0 Å². The zero-order chi connectivity index (χ0) is 13.4. The van der Waals surface area contributed by atoms with E-state index in [0.29, 0.717) is 12.5 Å². The van der Waals surface area contributed by atoms with E-state index in [2.05, 4.69) is 24.0 Å². The molecular weight excluding hydrogens is 226 g/mol. The Morgan fingerprint density at radius 1 is 1.39 bits per heavy atom. The normalized spacial score (nSPS) is 18.4. The van der Waals surface area contributed by atoms with Crippen LogP contribution in [0.3, 0.4) is 0 Å². The molecule has 1 atom stereocenters. The first kappa shape index (κ1) is 14.8. The lowest BCUT2D eigenvalue weighted by molar-refractivity contribution is -0.137. The summed E-state index contributed by atoms with van der Waals surface area (Å²) in [6.07, 6.45) is 9.26. The predicted octanol–water partition coefficient (Wildman–Crippen LogP) is 3.13. The van der Waals surface area contributed by atoms with Gasteiger partial charge in [0.05, 0.1) is 6.61 Å². The van der Waals surface area contributed by atoms with E-state index < -0.39 is 0 Å². The van der Waals surface area contributed by atoms with Crippen LogP contribution in [0.2, 0.25) is 0 Å². The molecule has 102 valence electrons. The Kier molecular flexibility index (Phi) is 6.55. The van der Waals surface area contributed by atoms with Crippen molar-refractivity contribution >= 4 is 5.97 Å². The van der Waals surface area contributed by atoms with Crippen LogP contribution in [0.5, 0.6) is 0 Å². The van der Waals surface area contributed by atoms with Crippen molar-refractivity contribution in [3.8, 4) is 0 Å². The standard InChI is InChI=1S/C15H25NO2/c1-4-8-13(3)11-14(12-15(17)18-5-2)16-9-6-7-10-16/h4,8,12-13H,5-7,9-11H2,1-3H3/t13-/m0/s1. The Hall–Kier alpha value is -1.25. The maximum Gasteiger partial charge on any atom is 0.332 e. The fourth-order valence-electron chi connectivity index (χ4n) is 2.33. The topological polar surface area (TPSA) is 29.5 Å². The van der Waals surface area contributed by atoms with E-state index in [1.807, 2.05) is 13.8 Å². The van der Waals surface area contributed by atoms with Gasteiger partial charge in [0.25, 0.3) is 0 Å². The van der Waals surface area contributed by atoms with Crippen molar-refractivity contribution in [1.82, 2.24) is 4.90 Å². The maximum absolute atomic E-state index is 11.6. The minimum atomic E-state index is -0.216. The number of hydrogen-bond acceptors (Lipinski definition) is 3. The van der Waals surface area contributed by atoms with Gasteiger partial charge >= 0.3 is 5.97 Å². The highest BCUT2D eigenvalue weighted by Crippen LogP contribution is 2.21. The molecule has 18 heavy (non-hydrogen) atoms. The van der Waals surface area contributed by atoms with Crippen molar-refractivity contribution in [2.24, 2.45) is 5.92 Å². The lowest BCUT2D eigenvalue weighted by Crippen LogP contribution is -2.21.